The van der Waals surface area contributed by atoms with E-state index in [-0.39, 0.29) is 5.88 Å². The number of ether oxygens (including phenoxy) is 1. The van der Waals surface area contributed by atoms with Crippen LogP contribution in [-0.4, -0.2) is 42.3 Å². The topological polar surface area (TPSA) is 95.7 Å². The van der Waals surface area contributed by atoms with E-state index in [4.69, 9.17) is 26.3 Å². The van der Waals surface area contributed by atoms with Crippen LogP contribution in [0.5, 0.6) is 0 Å². The third-order valence-electron chi connectivity index (χ3n) is 4.29. The van der Waals surface area contributed by atoms with Gasteiger partial charge in [-0.05, 0) is 24.1 Å². The van der Waals surface area contributed by atoms with Crippen LogP contribution in [0, 0.1) is 0 Å². The lowest BCUT2D eigenvalue weighted by Gasteiger charge is -2.25. The molecule has 1 aliphatic rings. The van der Waals surface area contributed by atoms with Gasteiger partial charge in [-0.15, -0.1) is 0 Å². The van der Waals surface area contributed by atoms with Gasteiger partial charge < -0.3 is 14.7 Å². The second kappa shape index (κ2) is 6.65. The summed E-state index contributed by atoms with van der Waals surface area (Å²) in [6, 6.07) is 6.45. The summed E-state index contributed by atoms with van der Waals surface area (Å²) < 4.78 is 34.5. The summed E-state index contributed by atoms with van der Waals surface area (Å²) in [7, 11) is 0.521. The van der Waals surface area contributed by atoms with Crippen molar-refractivity contribution in [2.24, 2.45) is 5.73 Å². The molecule has 0 amide bonds. The van der Waals surface area contributed by atoms with Crippen molar-refractivity contribution < 1.29 is 22.1 Å². The first kappa shape index (κ1) is 19.8. The Hall–Kier alpha value is -1.54. The maximum absolute atomic E-state index is 12.8. The highest BCUT2D eigenvalue weighted by atomic mass is 35.5. The number of benzene rings is 1. The standard InChI is InChI=1S/C14H19B3ClNO5S/c1-2-7-13(15,16)25(21,22)24-10-11(20)14(17,23-12(10)19)8-3-5-9(18)6-4-8/h3-6H,2,7,15-17,19H2,1H3/t14-/m1/s1. The van der Waals surface area contributed by atoms with Crippen molar-refractivity contribution in [2.75, 3.05) is 0 Å². The molecule has 1 atom stereocenters. The molecular formula is C14H19B3ClNO5S. The summed E-state index contributed by atoms with van der Waals surface area (Å²) in [6.45, 7) is 1.87. The van der Waals surface area contributed by atoms with Gasteiger partial charge in [0.25, 0.3) is 10.1 Å². The molecule has 0 spiro atoms. The molecule has 0 fully saturated rings. The van der Waals surface area contributed by atoms with Crippen molar-refractivity contribution in [2.45, 2.75) is 29.8 Å². The fraction of sp³-hybridized carbons (Fsp3) is 0.357. The van der Waals surface area contributed by atoms with E-state index in [0.29, 0.717) is 23.4 Å². The van der Waals surface area contributed by atoms with Crippen LogP contribution < -0.4 is 5.73 Å². The Morgan fingerprint density at radius 1 is 1.32 bits per heavy atom. The Morgan fingerprint density at radius 2 is 1.88 bits per heavy atom. The molecule has 11 heteroatoms. The van der Waals surface area contributed by atoms with Gasteiger partial charge in [-0.2, -0.15) is 8.42 Å². The molecule has 132 valence electrons. The lowest BCUT2D eigenvalue weighted by molar-refractivity contribution is -0.126. The average Bonchev–Trinajstić information content (AvgIpc) is 2.72. The highest BCUT2D eigenvalue weighted by Gasteiger charge is 2.50. The summed E-state index contributed by atoms with van der Waals surface area (Å²) >= 11 is 5.86. The van der Waals surface area contributed by atoms with E-state index in [1.807, 2.05) is 6.92 Å². The molecule has 2 N–H and O–H groups in total. The first-order valence-electron chi connectivity index (χ1n) is 7.88. The fourth-order valence-electron chi connectivity index (χ4n) is 2.63. The van der Waals surface area contributed by atoms with Crippen molar-refractivity contribution in [3.63, 3.8) is 0 Å². The van der Waals surface area contributed by atoms with Crippen molar-refractivity contribution in [3.8, 4) is 0 Å². The molecule has 1 aromatic carbocycles. The zero-order valence-corrected chi connectivity index (χ0v) is 16.2. The highest BCUT2D eigenvalue weighted by Crippen LogP contribution is 2.37. The third-order valence-corrected chi connectivity index (χ3v) is 6.49. The fourth-order valence-corrected chi connectivity index (χ4v) is 3.81. The Morgan fingerprint density at radius 3 is 2.40 bits per heavy atom. The van der Waals surface area contributed by atoms with E-state index in [9.17, 15) is 13.2 Å². The molecule has 1 aromatic rings. The summed E-state index contributed by atoms with van der Waals surface area (Å²) in [5.74, 6) is -1.48. The normalized spacial score (nSPS) is 21.3. The lowest BCUT2D eigenvalue weighted by Crippen LogP contribution is -2.42. The summed E-state index contributed by atoms with van der Waals surface area (Å²) in [5.41, 5.74) is 4.79. The second-order valence-electron chi connectivity index (χ2n) is 6.71. The lowest BCUT2D eigenvalue weighted by atomic mass is 9.67. The molecule has 2 rings (SSSR count). The van der Waals surface area contributed by atoms with Crippen LogP contribution in [0.3, 0.4) is 0 Å². The number of hydrogen-bond acceptors (Lipinski definition) is 6. The van der Waals surface area contributed by atoms with Crippen LogP contribution in [-0.2, 0) is 29.3 Å². The summed E-state index contributed by atoms with van der Waals surface area (Å²) in [4.78, 5) is 12.8. The number of carbonyl (C=O) groups is 1. The van der Waals surface area contributed by atoms with Gasteiger partial charge in [0.05, 0.1) is 0 Å². The zero-order chi connectivity index (χ0) is 19.0. The molecule has 1 aliphatic heterocycles. The Kier molecular flexibility index (Phi) is 5.26. The van der Waals surface area contributed by atoms with Gasteiger partial charge in [-0.3, -0.25) is 4.79 Å². The zero-order valence-electron chi connectivity index (χ0n) is 14.6. The van der Waals surface area contributed by atoms with E-state index in [1.54, 1.807) is 40.0 Å². The second-order valence-corrected chi connectivity index (χ2v) is 9.33. The van der Waals surface area contributed by atoms with Gasteiger partial charge in [0.1, 0.15) is 15.7 Å². The molecule has 0 radical (unpaired) electrons. The van der Waals surface area contributed by atoms with E-state index in [0.717, 1.165) is 0 Å². The van der Waals surface area contributed by atoms with Crippen LogP contribution in [0.25, 0.3) is 0 Å². The van der Waals surface area contributed by atoms with Crippen LogP contribution in [0.15, 0.2) is 35.9 Å². The predicted octanol–water partition coefficient (Wildman–Crippen LogP) is -1.08. The van der Waals surface area contributed by atoms with Crippen molar-refractivity contribution in [3.05, 3.63) is 46.5 Å². The number of halogens is 1. The largest absolute Gasteiger partial charge is 0.467 e. The van der Waals surface area contributed by atoms with E-state index >= 15 is 0 Å². The van der Waals surface area contributed by atoms with Gasteiger partial charge in [0.2, 0.25) is 17.4 Å². The summed E-state index contributed by atoms with van der Waals surface area (Å²) in [5, 5.41) is 0.499. The number of carbonyl (C=O) groups excluding carboxylic acids is 1. The van der Waals surface area contributed by atoms with E-state index in [2.05, 4.69) is 0 Å². The number of nitrogens with two attached hydrogens (primary N) is 1. The molecule has 0 aromatic heterocycles. The number of ketones is 1. The molecule has 0 saturated carbocycles. The maximum atomic E-state index is 12.8. The molecule has 25 heavy (non-hydrogen) atoms. The molecule has 1 heterocycles. The van der Waals surface area contributed by atoms with Crippen LogP contribution in [0.1, 0.15) is 25.3 Å². The van der Waals surface area contributed by atoms with Crippen molar-refractivity contribution in [1.82, 2.24) is 0 Å². The van der Waals surface area contributed by atoms with Crippen molar-refractivity contribution in [1.29, 1.82) is 0 Å². The Bertz CT molecular complexity index is 825. The average molecular weight is 381 g/mol. The molecule has 0 saturated heterocycles. The quantitative estimate of drug-likeness (QED) is 0.498. The van der Waals surface area contributed by atoms with Gasteiger partial charge in [-0.1, -0.05) is 37.1 Å². The van der Waals surface area contributed by atoms with E-state index < -0.39 is 31.7 Å². The van der Waals surface area contributed by atoms with E-state index in [1.165, 1.54) is 7.85 Å². The molecule has 0 bridgehead atoms. The molecular weight excluding hydrogens is 362 g/mol. The Labute approximate surface area is 155 Å². The minimum atomic E-state index is -4.07. The van der Waals surface area contributed by atoms with Gasteiger partial charge >= 0.3 is 0 Å². The van der Waals surface area contributed by atoms with Crippen LogP contribution >= 0.6 is 11.6 Å². The van der Waals surface area contributed by atoms with Crippen LogP contribution in [0.4, 0.5) is 0 Å². The van der Waals surface area contributed by atoms with Gasteiger partial charge in [0, 0.05) is 9.57 Å². The minimum absolute atomic E-state index is 0.349. The third kappa shape index (κ3) is 3.55. The maximum Gasteiger partial charge on any atom is 0.300 e. The molecule has 6 nitrogen and oxygen atoms in total. The predicted molar refractivity (Wildman–Crippen MR) is 104 cm³/mol. The van der Waals surface area contributed by atoms with Gasteiger partial charge in [0.15, 0.2) is 13.3 Å². The first-order valence-corrected chi connectivity index (χ1v) is 9.67. The smallest absolute Gasteiger partial charge is 0.300 e. The number of rotatable bonds is 6. The van der Waals surface area contributed by atoms with Crippen molar-refractivity contribution >= 4 is 51.0 Å². The van der Waals surface area contributed by atoms with Crippen LogP contribution in [0.2, 0.25) is 5.02 Å². The minimum Gasteiger partial charge on any atom is -0.467 e. The highest BCUT2D eigenvalue weighted by molar-refractivity contribution is 7.91. The first-order chi connectivity index (χ1) is 11.4. The monoisotopic (exact) mass is 381 g/mol. The molecule has 0 aliphatic carbocycles. The summed E-state index contributed by atoms with van der Waals surface area (Å²) in [6.07, 6.45) is 1.03. The number of hydrogen-bond donors (Lipinski definition) is 1. The Balaban J connectivity index is 2.34. The molecule has 0 unspecified atom stereocenters. The number of Topliss-reactive ketones (excluding diaryl/α,β-unsaturated/α-hetero) is 1. The van der Waals surface area contributed by atoms with Gasteiger partial charge in [-0.25, -0.2) is 0 Å². The SMILES string of the molecule is BC(B)(CCC)S(=O)(=O)OC1=C(N)O[C@](B)(c2ccc(Cl)cc2)C1=O.